The van der Waals surface area contributed by atoms with Gasteiger partial charge in [-0.05, 0) is 43.7 Å². The molecule has 0 radical (unpaired) electrons. The number of benzene rings is 2. The fourth-order valence-electron chi connectivity index (χ4n) is 2.60. The molecule has 2 rings (SSSR count). The highest BCUT2D eigenvalue weighted by atomic mass is 31.2. The summed E-state index contributed by atoms with van der Waals surface area (Å²) < 4.78 is 42.6. The molecule has 0 aliphatic rings. The summed E-state index contributed by atoms with van der Waals surface area (Å²) in [5.41, 5.74) is 0.225. The molecule has 0 bridgehead atoms. The van der Waals surface area contributed by atoms with Gasteiger partial charge in [0.05, 0.1) is 31.3 Å². The van der Waals surface area contributed by atoms with E-state index in [0.29, 0.717) is 11.3 Å². The third-order valence-electron chi connectivity index (χ3n) is 3.81. The quantitative estimate of drug-likeness (QED) is 0.328. The highest BCUT2D eigenvalue weighted by Crippen LogP contribution is 2.61. The van der Waals surface area contributed by atoms with Crippen molar-refractivity contribution in [2.45, 2.75) is 19.6 Å². The van der Waals surface area contributed by atoms with Crippen LogP contribution in [0.5, 0.6) is 5.75 Å². The van der Waals surface area contributed by atoms with Crippen LogP contribution in [0.4, 0.5) is 15.8 Å². The molecular formula is C18H22FN2O6P. The minimum absolute atomic E-state index is 0.0970. The highest BCUT2D eigenvalue weighted by Gasteiger charge is 2.38. The second-order valence-corrected chi connectivity index (χ2v) is 7.73. The molecule has 2 aromatic carbocycles. The first kappa shape index (κ1) is 21.8. The number of rotatable bonds is 10. The Labute approximate surface area is 162 Å². The molecule has 0 saturated heterocycles. The number of methoxy groups -OCH3 is 1. The monoisotopic (exact) mass is 412 g/mol. The summed E-state index contributed by atoms with van der Waals surface area (Å²) in [5.74, 6) is -1.26. The van der Waals surface area contributed by atoms with Crippen LogP contribution < -0.4 is 10.1 Å². The minimum Gasteiger partial charge on any atom is -0.496 e. The molecule has 152 valence electrons. The Bertz CT molecular complexity index is 852. The predicted molar refractivity (Wildman–Crippen MR) is 103 cm³/mol. The fraction of sp³-hybridized carbons (Fsp3) is 0.333. The lowest BCUT2D eigenvalue weighted by Crippen LogP contribution is -2.16. The molecule has 1 unspecified atom stereocenters. The molecule has 10 heteroatoms. The van der Waals surface area contributed by atoms with Crippen LogP contribution in [0.2, 0.25) is 0 Å². The van der Waals surface area contributed by atoms with Crippen LogP contribution in [0, 0.1) is 15.9 Å². The number of anilines is 1. The van der Waals surface area contributed by atoms with Gasteiger partial charge in [0.1, 0.15) is 17.3 Å². The summed E-state index contributed by atoms with van der Waals surface area (Å²) in [6, 6.07) is 9.47. The van der Waals surface area contributed by atoms with Gasteiger partial charge in [0, 0.05) is 0 Å². The Morgan fingerprint density at radius 1 is 1.14 bits per heavy atom. The summed E-state index contributed by atoms with van der Waals surface area (Å²) in [5, 5.41) is 14.4. The highest BCUT2D eigenvalue weighted by molar-refractivity contribution is 7.54. The zero-order valence-electron chi connectivity index (χ0n) is 15.8. The largest absolute Gasteiger partial charge is 0.496 e. The Morgan fingerprint density at radius 3 is 2.25 bits per heavy atom. The third-order valence-corrected chi connectivity index (χ3v) is 6.11. The molecule has 1 atom stereocenters. The van der Waals surface area contributed by atoms with Gasteiger partial charge in [-0.15, -0.1) is 0 Å². The van der Waals surface area contributed by atoms with Crippen LogP contribution >= 0.6 is 7.60 Å². The first-order valence-electron chi connectivity index (χ1n) is 8.57. The Balaban J connectivity index is 2.55. The number of nitrogens with zero attached hydrogens (tertiary/aromatic N) is 1. The van der Waals surface area contributed by atoms with E-state index in [2.05, 4.69) is 5.32 Å². The zero-order valence-corrected chi connectivity index (χ0v) is 16.6. The third kappa shape index (κ3) is 5.07. The number of hydrogen-bond donors (Lipinski definition) is 1. The standard InChI is InChI=1S/C18H22FN2O6P/c1-4-26-28(24,27-5-2)18(13-6-8-14(19)9-7-13)20-16-11-10-15(25-3)12-17(16)21(22)23/h6-12,18,20H,4-5H2,1-3H3. The topological polar surface area (TPSA) is 99.9 Å². The van der Waals surface area contributed by atoms with Gasteiger partial charge in [-0.2, -0.15) is 0 Å². The molecule has 28 heavy (non-hydrogen) atoms. The number of nitro benzene ring substituents is 1. The second kappa shape index (κ2) is 9.64. The first-order valence-corrected chi connectivity index (χ1v) is 10.2. The van der Waals surface area contributed by atoms with E-state index in [4.69, 9.17) is 13.8 Å². The van der Waals surface area contributed by atoms with Crippen molar-refractivity contribution >= 4 is 19.0 Å². The van der Waals surface area contributed by atoms with Crippen LogP contribution in [0.25, 0.3) is 0 Å². The van der Waals surface area contributed by atoms with E-state index in [1.54, 1.807) is 13.8 Å². The van der Waals surface area contributed by atoms with Crippen molar-refractivity contribution in [1.29, 1.82) is 0 Å². The van der Waals surface area contributed by atoms with Gasteiger partial charge in [0.25, 0.3) is 5.69 Å². The van der Waals surface area contributed by atoms with Gasteiger partial charge in [0.15, 0.2) is 5.78 Å². The summed E-state index contributed by atoms with van der Waals surface area (Å²) in [6.07, 6.45) is 0. The molecule has 0 aromatic heterocycles. The number of halogens is 1. The maximum Gasteiger partial charge on any atom is 0.357 e. The first-order chi connectivity index (χ1) is 13.3. The molecule has 0 saturated carbocycles. The van der Waals surface area contributed by atoms with Crippen molar-refractivity contribution in [1.82, 2.24) is 0 Å². The van der Waals surface area contributed by atoms with Crippen molar-refractivity contribution in [2.75, 3.05) is 25.6 Å². The maximum atomic E-state index is 13.4. The SMILES string of the molecule is CCOP(=O)(OCC)C(Nc1ccc(OC)cc1[N+](=O)[O-])c1ccc(F)cc1. The van der Waals surface area contributed by atoms with E-state index in [9.17, 15) is 19.1 Å². The zero-order chi connectivity index (χ0) is 20.7. The van der Waals surface area contributed by atoms with Gasteiger partial charge in [-0.1, -0.05) is 12.1 Å². The fourth-order valence-corrected chi connectivity index (χ4v) is 4.52. The molecule has 1 N–H and O–H groups in total. The van der Waals surface area contributed by atoms with Gasteiger partial charge in [0.2, 0.25) is 0 Å². The molecule has 8 nitrogen and oxygen atoms in total. The van der Waals surface area contributed by atoms with E-state index >= 15 is 0 Å². The van der Waals surface area contributed by atoms with Crippen molar-refractivity contribution in [3.63, 3.8) is 0 Å². The lowest BCUT2D eigenvalue weighted by atomic mass is 10.2. The van der Waals surface area contributed by atoms with Crippen molar-refractivity contribution in [3.05, 3.63) is 64.0 Å². The van der Waals surface area contributed by atoms with Gasteiger partial charge in [-0.3, -0.25) is 14.7 Å². The Hall–Kier alpha value is -2.48. The summed E-state index contributed by atoms with van der Waals surface area (Å²) >= 11 is 0. The molecule has 0 heterocycles. The molecule has 0 fully saturated rings. The lowest BCUT2D eigenvalue weighted by Gasteiger charge is -2.28. The second-order valence-electron chi connectivity index (χ2n) is 5.61. The van der Waals surface area contributed by atoms with Crippen LogP contribution in [0.1, 0.15) is 25.2 Å². The smallest absolute Gasteiger partial charge is 0.357 e. The van der Waals surface area contributed by atoms with E-state index in [1.165, 1.54) is 49.6 Å². The number of ether oxygens (including phenoxy) is 1. The van der Waals surface area contributed by atoms with Crippen LogP contribution in [0.15, 0.2) is 42.5 Å². The predicted octanol–water partition coefficient (Wildman–Crippen LogP) is 5.12. The molecular weight excluding hydrogens is 390 g/mol. The van der Waals surface area contributed by atoms with Gasteiger partial charge >= 0.3 is 7.60 Å². The van der Waals surface area contributed by atoms with Crippen molar-refractivity contribution in [3.8, 4) is 5.75 Å². The summed E-state index contributed by atoms with van der Waals surface area (Å²) in [7, 11) is -2.39. The van der Waals surface area contributed by atoms with E-state index < -0.39 is 24.1 Å². The van der Waals surface area contributed by atoms with Gasteiger partial charge < -0.3 is 19.1 Å². The van der Waals surface area contributed by atoms with E-state index in [-0.39, 0.29) is 24.6 Å². The Morgan fingerprint density at radius 2 is 1.75 bits per heavy atom. The van der Waals surface area contributed by atoms with E-state index in [1.807, 2.05) is 0 Å². The van der Waals surface area contributed by atoms with Crippen LogP contribution in [0.3, 0.4) is 0 Å². The number of hydrogen-bond acceptors (Lipinski definition) is 7. The molecule has 0 aliphatic carbocycles. The minimum atomic E-state index is -3.79. The van der Waals surface area contributed by atoms with Crippen molar-refractivity contribution in [2.24, 2.45) is 0 Å². The van der Waals surface area contributed by atoms with Crippen LogP contribution in [-0.2, 0) is 13.6 Å². The number of nitro groups is 1. The van der Waals surface area contributed by atoms with Gasteiger partial charge in [-0.25, -0.2) is 4.39 Å². The normalized spacial score (nSPS) is 12.4. The van der Waals surface area contributed by atoms with Crippen molar-refractivity contribution < 1.29 is 27.7 Å². The maximum absolute atomic E-state index is 13.4. The molecule has 0 amide bonds. The molecule has 0 spiro atoms. The van der Waals surface area contributed by atoms with E-state index in [0.717, 1.165) is 0 Å². The lowest BCUT2D eigenvalue weighted by molar-refractivity contribution is -0.384. The Kier molecular flexibility index (Phi) is 7.51. The summed E-state index contributed by atoms with van der Waals surface area (Å²) in [4.78, 5) is 10.9. The molecule has 2 aromatic rings. The average Bonchev–Trinajstić information content (AvgIpc) is 2.67. The average molecular weight is 412 g/mol. The molecule has 0 aliphatic heterocycles. The number of nitrogens with one attached hydrogen (secondary N) is 1. The van der Waals surface area contributed by atoms with Crippen LogP contribution in [-0.4, -0.2) is 25.2 Å². The summed E-state index contributed by atoms with van der Waals surface area (Å²) in [6.45, 7) is 3.51.